The zero-order chi connectivity index (χ0) is 24.1. The van der Waals surface area contributed by atoms with E-state index in [2.05, 4.69) is 5.10 Å². The summed E-state index contributed by atoms with van der Waals surface area (Å²) < 4.78 is 43.2. The molecule has 0 N–H and O–H groups in total. The molecule has 1 saturated heterocycles. The molecule has 0 saturated carbocycles. The minimum Gasteiger partial charge on any atom is -0.495 e. The Balaban J connectivity index is 1.75. The van der Waals surface area contributed by atoms with Crippen molar-refractivity contribution in [2.75, 3.05) is 20.3 Å². The average molecular weight is 487 g/mol. The summed E-state index contributed by atoms with van der Waals surface area (Å²) in [4.78, 5) is 13.2. The third-order valence-electron chi connectivity index (χ3n) is 6.08. The molecule has 0 aliphatic carbocycles. The van der Waals surface area contributed by atoms with E-state index in [-0.39, 0.29) is 35.1 Å². The van der Waals surface area contributed by atoms with Gasteiger partial charge in [0.05, 0.1) is 30.4 Å². The van der Waals surface area contributed by atoms with Crippen LogP contribution in [-0.4, -0.2) is 52.2 Å². The fourth-order valence-corrected chi connectivity index (χ4v) is 5.88. The molecule has 1 fully saturated rings. The van der Waals surface area contributed by atoms with Crippen LogP contribution in [0.1, 0.15) is 60.1 Å². The van der Waals surface area contributed by atoms with Gasteiger partial charge < -0.3 is 14.2 Å². The van der Waals surface area contributed by atoms with Gasteiger partial charge in [0.25, 0.3) is 0 Å². The van der Waals surface area contributed by atoms with Crippen molar-refractivity contribution >= 4 is 22.0 Å². The van der Waals surface area contributed by atoms with Crippen LogP contribution in [0.5, 0.6) is 5.75 Å². The van der Waals surface area contributed by atoms with Gasteiger partial charge in [0.1, 0.15) is 17.5 Å². The first-order valence-electron chi connectivity index (χ1n) is 11.5. The minimum absolute atomic E-state index is 0.137. The van der Waals surface area contributed by atoms with E-state index < -0.39 is 15.8 Å². The maximum Gasteiger partial charge on any atom is 0.342 e. The molecule has 0 spiro atoms. The summed E-state index contributed by atoms with van der Waals surface area (Å²) in [5, 5.41) is 6.46. The largest absolute Gasteiger partial charge is 0.495 e. The number of benzene rings is 2. The monoisotopic (exact) mass is 486 g/mol. The molecule has 2 unspecified atom stereocenters. The third kappa shape index (κ3) is 4.95. The predicted molar refractivity (Wildman–Crippen MR) is 128 cm³/mol. The van der Waals surface area contributed by atoms with Crippen molar-refractivity contribution in [3.63, 3.8) is 0 Å². The van der Waals surface area contributed by atoms with Crippen molar-refractivity contribution in [3.05, 3.63) is 59.2 Å². The Labute approximate surface area is 200 Å². The van der Waals surface area contributed by atoms with E-state index in [1.807, 2.05) is 17.3 Å². The van der Waals surface area contributed by atoms with Crippen LogP contribution in [0.15, 0.2) is 52.5 Å². The maximum absolute atomic E-state index is 13.1. The van der Waals surface area contributed by atoms with E-state index in [0.29, 0.717) is 24.3 Å². The summed E-state index contributed by atoms with van der Waals surface area (Å²) in [5.41, 5.74) is 1.22. The smallest absolute Gasteiger partial charge is 0.342 e. The molecule has 2 aromatic rings. The highest BCUT2D eigenvalue weighted by Crippen LogP contribution is 2.41. The maximum atomic E-state index is 13.1. The molecule has 2 aliphatic rings. The van der Waals surface area contributed by atoms with Gasteiger partial charge in [0, 0.05) is 24.8 Å². The minimum atomic E-state index is -3.69. The predicted octanol–water partition coefficient (Wildman–Crippen LogP) is 4.11. The number of hydrogen-bond acceptors (Lipinski definition) is 8. The van der Waals surface area contributed by atoms with E-state index in [1.165, 1.54) is 7.11 Å². The second kappa shape index (κ2) is 10.6. The van der Waals surface area contributed by atoms with Crippen molar-refractivity contribution in [2.24, 2.45) is 5.10 Å². The molecule has 34 heavy (non-hydrogen) atoms. The van der Waals surface area contributed by atoms with Crippen LogP contribution in [-0.2, 0) is 25.1 Å². The standard InChI is InChI=1S/C25H30N2O6S/c1-3-32-25(28)23-18(17-34(29,30)19-9-5-4-6-10-19)12-13-20(24(23)31-2)21-14-15-26-27(21)22-11-7-8-16-33-22/h4-6,9-10,12-13,15,21-22H,3,7-8,11,14,16-17H2,1-2H3. The van der Waals surface area contributed by atoms with E-state index in [1.54, 1.807) is 43.3 Å². The van der Waals surface area contributed by atoms with E-state index >= 15 is 0 Å². The first-order valence-corrected chi connectivity index (χ1v) is 13.2. The first-order chi connectivity index (χ1) is 16.5. The zero-order valence-corrected chi connectivity index (χ0v) is 20.3. The van der Waals surface area contributed by atoms with Crippen LogP contribution in [0, 0.1) is 0 Å². The van der Waals surface area contributed by atoms with Crippen molar-refractivity contribution in [2.45, 2.75) is 55.5 Å². The van der Waals surface area contributed by atoms with Crippen molar-refractivity contribution in [1.29, 1.82) is 0 Å². The van der Waals surface area contributed by atoms with Gasteiger partial charge in [-0.1, -0.05) is 30.3 Å². The first kappa shape index (κ1) is 24.2. The summed E-state index contributed by atoms with van der Waals surface area (Å²) in [5.74, 6) is -0.646. The second-order valence-electron chi connectivity index (χ2n) is 8.27. The number of carbonyl (C=O) groups is 1. The fourth-order valence-electron chi connectivity index (χ4n) is 4.49. The summed E-state index contributed by atoms with van der Waals surface area (Å²) in [6.07, 6.45) is 5.27. The summed E-state index contributed by atoms with van der Waals surface area (Å²) in [7, 11) is -2.21. The van der Waals surface area contributed by atoms with Crippen molar-refractivity contribution < 1.29 is 27.4 Å². The number of hydrazone groups is 1. The normalized spacial score (nSPS) is 20.4. The van der Waals surface area contributed by atoms with E-state index in [0.717, 1.165) is 24.8 Å². The molecule has 0 amide bonds. The summed E-state index contributed by atoms with van der Waals surface area (Å²) in [6, 6.07) is 11.5. The van der Waals surface area contributed by atoms with Crippen LogP contribution >= 0.6 is 0 Å². The Bertz CT molecular complexity index is 1140. The topological polar surface area (TPSA) is 94.5 Å². The lowest BCUT2D eigenvalue weighted by Gasteiger charge is -2.35. The number of sulfone groups is 1. The molecular weight excluding hydrogens is 456 g/mol. The lowest BCUT2D eigenvalue weighted by Crippen LogP contribution is -2.36. The highest BCUT2D eigenvalue weighted by atomic mass is 32.2. The molecule has 0 aromatic heterocycles. The molecule has 2 aromatic carbocycles. The number of hydrogen-bond donors (Lipinski definition) is 0. The molecule has 2 heterocycles. The van der Waals surface area contributed by atoms with Crippen LogP contribution in [0.3, 0.4) is 0 Å². The van der Waals surface area contributed by atoms with Gasteiger partial charge >= 0.3 is 5.97 Å². The molecule has 2 aliphatic heterocycles. The van der Waals surface area contributed by atoms with E-state index in [9.17, 15) is 13.2 Å². The number of esters is 1. The van der Waals surface area contributed by atoms with Crippen LogP contribution in [0.25, 0.3) is 0 Å². The number of rotatable bonds is 8. The second-order valence-corrected chi connectivity index (χ2v) is 10.3. The molecular formula is C25H30N2O6S. The molecule has 182 valence electrons. The molecule has 9 heteroatoms. The van der Waals surface area contributed by atoms with Gasteiger partial charge in [0.15, 0.2) is 9.84 Å². The van der Waals surface area contributed by atoms with Crippen LogP contribution < -0.4 is 4.74 Å². The van der Waals surface area contributed by atoms with Crippen molar-refractivity contribution in [3.8, 4) is 5.75 Å². The lowest BCUT2D eigenvalue weighted by atomic mass is 9.96. The summed E-state index contributed by atoms with van der Waals surface area (Å²) >= 11 is 0. The number of carbonyl (C=O) groups excluding carboxylic acids is 1. The third-order valence-corrected chi connectivity index (χ3v) is 7.76. The molecule has 0 bridgehead atoms. The van der Waals surface area contributed by atoms with Gasteiger partial charge in [-0.05, 0) is 43.9 Å². The van der Waals surface area contributed by atoms with Gasteiger partial charge in [-0.15, -0.1) is 0 Å². The Morgan fingerprint density at radius 2 is 1.97 bits per heavy atom. The Kier molecular flexibility index (Phi) is 7.53. The zero-order valence-electron chi connectivity index (χ0n) is 19.5. The fraction of sp³-hybridized carbons (Fsp3) is 0.440. The van der Waals surface area contributed by atoms with Gasteiger partial charge in [-0.25, -0.2) is 13.2 Å². The SMILES string of the molecule is CCOC(=O)c1c(CS(=O)(=O)c2ccccc2)ccc(C2CC=NN2C2CCCCO2)c1OC. The average Bonchev–Trinajstić information content (AvgIpc) is 3.34. The Morgan fingerprint density at radius 1 is 1.18 bits per heavy atom. The highest BCUT2D eigenvalue weighted by Gasteiger charge is 2.35. The Morgan fingerprint density at radius 3 is 2.65 bits per heavy atom. The number of nitrogens with zero attached hydrogens (tertiary/aromatic N) is 2. The molecule has 8 nitrogen and oxygen atoms in total. The summed E-state index contributed by atoms with van der Waals surface area (Å²) in [6.45, 7) is 2.55. The van der Waals surface area contributed by atoms with Crippen molar-refractivity contribution in [1.82, 2.24) is 5.01 Å². The van der Waals surface area contributed by atoms with Gasteiger partial charge in [-0.3, -0.25) is 5.01 Å². The Hall–Kier alpha value is -2.91. The molecule has 0 radical (unpaired) electrons. The number of ether oxygens (including phenoxy) is 3. The van der Waals surface area contributed by atoms with Crippen LogP contribution in [0.2, 0.25) is 0 Å². The van der Waals surface area contributed by atoms with Crippen LogP contribution in [0.4, 0.5) is 0 Å². The lowest BCUT2D eigenvalue weighted by molar-refractivity contribution is -0.0979. The highest BCUT2D eigenvalue weighted by molar-refractivity contribution is 7.90. The van der Waals surface area contributed by atoms with E-state index in [4.69, 9.17) is 14.2 Å². The van der Waals surface area contributed by atoms with Gasteiger partial charge in [0.2, 0.25) is 0 Å². The molecule has 2 atom stereocenters. The van der Waals surface area contributed by atoms with Gasteiger partial charge in [-0.2, -0.15) is 5.10 Å². The molecule has 4 rings (SSSR count). The number of methoxy groups -OCH3 is 1. The quantitative estimate of drug-likeness (QED) is 0.518.